The van der Waals surface area contributed by atoms with Crippen LogP contribution in [0.25, 0.3) is 0 Å². The summed E-state index contributed by atoms with van der Waals surface area (Å²) in [5, 5.41) is 5.88. The number of halogens is 2. The maximum absolute atomic E-state index is 11.8. The van der Waals surface area contributed by atoms with Gasteiger partial charge in [-0.2, -0.15) is 0 Å². The molecule has 0 saturated heterocycles. The van der Waals surface area contributed by atoms with Crippen molar-refractivity contribution in [2.75, 3.05) is 11.9 Å². The van der Waals surface area contributed by atoms with Crippen LogP contribution in [0.1, 0.15) is 10.4 Å². The molecule has 0 bridgehead atoms. The molecule has 0 atom stereocenters. The van der Waals surface area contributed by atoms with Gasteiger partial charge in [-0.15, -0.1) is 0 Å². The Labute approximate surface area is 131 Å². The number of rotatable bonds is 4. The number of benzene rings is 1. The quantitative estimate of drug-likeness (QED) is 0.908. The average molecular weight is 324 g/mol. The number of pyridine rings is 1. The summed E-state index contributed by atoms with van der Waals surface area (Å²) in [6.07, 6.45) is 2.98. The van der Waals surface area contributed by atoms with Crippen LogP contribution in [0.4, 0.5) is 5.69 Å². The third-order valence-corrected chi connectivity index (χ3v) is 3.10. The van der Waals surface area contributed by atoms with Gasteiger partial charge in [0.05, 0.1) is 22.8 Å². The van der Waals surface area contributed by atoms with Crippen LogP contribution in [0.15, 0.2) is 42.7 Å². The van der Waals surface area contributed by atoms with E-state index in [1.165, 1.54) is 12.3 Å². The standard InChI is InChI=1S/C14H11Cl2N3O2/c15-10-3-4-11(16)12(6-10)19-13(20)8-18-14(21)9-2-1-5-17-7-9/h1-7H,8H2,(H,18,21)(H,19,20). The van der Waals surface area contributed by atoms with Crippen molar-refractivity contribution in [2.24, 2.45) is 0 Å². The molecule has 2 rings (SSSR count). The van der Waals surface area contributed by atoms with Crippen LogP contribution < -0.4 is 10.6 Å². The molecule has 0 aliphatic heterocycles. The highest BCUT2D eigenvalue weighted by Gasteiger charge is 2.09. The molecule has 2 amide bonds. The van der Waals surface area contributed by atoms with Gasteiger partial charge in [0.25, 0.3) is 5.91 Å². The molecule has 1 aromatic heterocycles. The van der Waals surface area contributed by atoms with E-state index >= 15 is 0 Å². The molecule has 2 N–H and O–H groups in total. The number of hydrogen-bond donors (Lipinski definition) is 2. The van der Waals surface area contributed by atoms with Crippen molar-refractivity contribution in [1.29, 1.82) is 0 Å². The van der Waals surface area contributed by atoms with Gasteiger partial charge in [0.2, 0.25) is 5.91 Å². The zero-order valence-corrected chi connectivity index (χ0v) is 12.3. The topological polar surface area (TPSA) is 71.1 Å². The Morgan fingerprint density at radius 3 is 2.71 bits per heavy atom. The summed E-state index contributed by atoms with van der Waals surface area (Å²) >= 11 is 11.8. The summed E-state index contributed by atoms with van der Waals surface area (Å²) in [5.74, 6) is -0.785. The molecule has 1 aromatic carbocycles. The number of carbonyl (C=O) groups excluding carboxylic acids is 2. The average Bonchev–Trinajstić information content (AvgIpc) is 2.49. The first-order valence-electron chi connectivity index (χ1n) is 5.99. The first-order valence-corrected chi connectivity index (χ1v) is 6.75. The van der Waals surface area contributed by atoms with Gasteiger partial charge in [-0.25, -0.2) is 0 Å². The second kappa shape index (κ2) is 7.06. The van der Waals surface area contributed by atoms with Crippen molar-refractivity contribution in [3.63, 3.8) is 0 Å². The molecule has 1 heterocycles. The van der Waals surface area contributed by atoms with E-state index in [1.54, 1.807) is 30.5 Å². The number of carbonyl (C=O) groups is 2. The van der Waals surface area contributed by atoms with Crippen molar-refractivity contribution < 1.29 is 9.59 Å². The fourth-order valence-corrected chi connectivity index (χ4v) is 1.88. The number of amides is 2. The third-order valence-electron chi connectivity index (χ3n) is 2.54. The Morgan fingerprint density at radius 2 is 2.00 bits per heavy atom. The first-order chi connectivity index (χ1) is 10.1. The van der Waals surface area contributed by atoms with Crippen molar-refractivity contribution in [3.05, 3.63) is 58.3 Å². The maximum atomic E-state index is 11.8. The van der Waals surface area contributed by atoms with Crippen LogP contribution in [0, 0.1) is 0 Å². The number of nitrogens with zero attached hydrogens (tertiary/aromatic N) is 1. The van der Waals surface area contributed by atoms with E-state index in [1.807, 2.05) is 0 Å². The molecule has 5 nitrogen and oxygen atoms in total. The SMILES string of the molecule is O=C(CNC(=O)c1cccnc1)Nc1cc(Cl)ccc1Cl. The zero-order chi connectivity index (χ0) is 15.2. The lowest BCUT2D eigenvalue weighted by Crippen LogP contribution is -2.32. The van der Waals surface area contributed by atoms with Gasteiger partial charge >= 0.3 is 0 Å². The summed E-state index contributed by atoms with van der Waals surface area (Å²) < 4.78 is 0. The Kier molecular flexibility index (Phi) is 5.14. The van der Waals surface area contributed by atoms with Crippen LogP contribution in [0.2, 0.25) is 10.0 Å². The van der Waals surface area contributed by atoms with Gasteiger partial charge in [0, 0.05) is 17.4 Å². The minimum absolute atomic E-state index is 0.184. The highest BCUT2D eigenvalue weighted by molar-refractivity contribution is 6.35. The second-order valence-electron chi connectivity index (χ2n) is 4.10. The molecule has 0 aliphatic rings. The second-order valence-corrected chi connectivity index (χ2v) is 4.94. The highest BCUT2D eigenvalue weighted by atomic mass is 35.5. The van der Waals surface area contributed by atoms with Crippen LogP contribution in [0.3, 0.4) is 0 Å². The van der Waals surface area contributed by atoms with E-state index in [0.717, 1.165) is 0 Å². The Hall–Kier alpha value is -2.11. The van der Waals surface area contributed by atoms with E-state index in [4.69, 9.17) is 23.2 Å². The summed E-state index contributed by atoms with van der Waals surface area (Å²) in [5.41, 5.74) is 0.774. The van der Waals surface area contributed by atoms with Gasteiger partial charge in [-0.1, -0.05) is 23.2 Å². The van der Waals surface area contributed by atoms with Gasteiger partial charge in [0.15, 0.2) is 0 Å². The van der Waals surface area contributed by atoms with Gasteiger partial charge < -0.3 is 10.6 Å². The fourth-order valence-electron chi connectivity index (χ4n) is 1.55. The minimum atomic E-state index is -0.406. The van der Waals surface area contributed by atoms with Crippen LogP contribution in [-0.4, -0.2) is 23.3 Å². The number of aromatic nitrogens is 1. The molecule has 0 aliphatic carbocycles. The largest absolute Gasteiger partial charge is 0.343 e. The van der Waals surface area contributed by atoms with E-state index in [-0.39, 0.29) is 12.5 Å². The highest BCUT2D eigenvalue weighted by Crippen LogP contribution is 2.25. The van der Waals surface area contributed by atoms with E-state index in [9.17, 15) is 9.59 Å². The van der Waals surface area contributed by atoms with Crippen molar-refractivity contribution in [3.8, 4) is 0 Å². The normalized spacial score (nSPS) is 10.0. The molecule has 108 valence electrons. The lowest BCUT2D eigenvalue weighted by Gasteiger charge is -2.08. The molecule has 7 heteroatoms. The summed E-state index contributed by atoms with van der Waals surface area (Å²) in [6.45, 7) is -0.184. The monoisotopic (exact) mass is 323 g/mol. The molecule has 0 fully saturated rings. The summed E-state index contributed by atoms with van der Waals surface area (Å²) in [7, 11) is 0. The Balaban J connectivity index is 1.91. The molecule has 0 saturated carbocycles. The Bertz CT molecular complexity index is 663. The summed E-state index contributed by atoms with van der Waals surface area (Å²) in [4.78, 5) is 27.3. The van der Waals surface area contributed by atoms with E-state index in [0.29, 0.717) is 21.3 Å². The predicted molar refractivity (Wildman–Crippen MR) is 81.7 cm³/mol. The molecular formula is C14H11Cl2N3O2. The molecule has 0 spiro atoms. The van der Waals surface area contributed by atoms with Crippen molar-refractivity contribution >= 4 is 40.7 Å². The smallest absolute Gasteiger partial charge is 0.253 e. The van der Waals surface area contributed by atoms with Crippen LogP contribution >= 0.6 is 23.2 Å². The van der Waals surface area contributed by atoms with Crippen molar-refractivity contribution in [2.45, 2.75) is 0 Å². The lowest BCUT2D eigenvalue weighted by molar-refractivity contribution is -0.115. The molecule has 2 aromatic rings. The number of anilines is 1. The van der Waals surface area contributed by atoms with E-state index in [2.05, 4.69) is 15.6 Å². The van der Waals surface area contributed by atoms with E-state index < -0.39 is 5.91 Å². The van der Waals surface area contributed by atoms with Gasteiger partial charge in [0.1, 0.15) is 0 Å². The minimum Gasteiger partial charge on any atom is -0.343 e. The molecular weight excluding hydrogens is 313 g/mol. The maximum Gasteiger partial charge on any atom is 0.253 e. The predicted octanol–water partition coefficient (Wildman–Crippen LogP) is 2.76. The first kappa shape index (κ1) is 15.3. The Morgan fingerprint density at radius 1 is 1.19 bits per heavy atom. The van der Waals surface area contributed by atoms with Crippen LogP contribution in [-0.2, 0) is 4.79 Å². The lowest BCUT2D eigenvalue weighted by atomic mass is 10.2. The zero-order valence-electron chi connectivity index (χ0n) is 10.8. The molecule has 0 radical (unpaired) electrons. The fraction of sp³-hybridized carbons (Fsp3) is 0.0714. The van der Waals surface area contributed by atoms with Crippen molar-refractivity contribution in [1.82, 2.24) is 10.3 Å². The summed E-state index contributed by atoms with van der Waals surface area (Å²) in [6, 6.07) is 7.97. The number of nitrogens with one attached hydrogen (secondary N) is 2. The van der Waals surface area contributed by atoms with Gasteiger partial charge in [-0.05, 0) is 30.3 Å². The molecule has 0 unspecified atom stereocenters. The third kappa shape index (κ3) is 4.44. The van der Waals surface area contributed by atoms with Crippen LogP contribution in [0.5, 0.6) is 0 Å². The number of hydrogen-bond acceptors (Lipinski definition) is 3. The molecule has 21 heavy (non-hydrogen) atoms. The van der Waals surface area contributed by atoms with Gasteiger partial charge in [-0.3, -0.25) is 14.6 Å².